The van der Waals surface area contributed by atoms with Gasteiger partial charge in [-0.2, -0.15) is 0 Å². The summed E-state index contributed by atoms with van der Waals surface area (Å²) in [4.78, 5) is 13.2. The van der Waals surface area contributed by atoms with E-state index in [4.69, 9.17) is 4.43 Å². The maximum absolute atomic E-state index is 5.94. The summed E-state index contributed by atoms with van der Waals surface area (Å²) in [5, 5.41) is 0. The summed E-state index contributed by atoms with van der Waals surface area (Å²) >= 11 is 0. The SMILES string of the molecule is CC(=NCc1ccccc1O[SiH](C)C)c1cnc(C)cn1. The van der Waals surface area contributed by atoms with Crippen LogP contribution < -0.4 is 4.43 Å². The Balaban J connectivity index is 2.14. The third kappa shape index (κ3) is 4.49. The van der Waals surface area contributed by atoms with Gasteiger partial charge in [-0.25, -0.2) is 0 Å². The first-order chi connectivity index (χ1) is 10.1. The van der Waals surface area contributed by atoms with Crippen LogP contribution in [0.3, 0.4) is 0 Å². The number of benzene rings is 1. The van der Waals surface area contributed by atoms with Crippen LogP contribution in [0.5, 0.6) is 5.75 Å². The molecule has 2 rings (SSSR count). The molecule has 0 aliphatic carbocycles. The number of nitrogens with zero attached hydrogens (tertiary/aromatic N) is 3. The van der Waals surface area contributed by atoms with Crippen molar-refractivity contribution < 1.29 is 4.43 Å². The lowest BCUT2D eigenvalue weighted by molar-refractivity contribution is 0.571. The van der Waals surface area contributed by atoms with E-state index in [9.17, 15) is 0 Å². The van der Waals surface area contributed by atoms with E-state index >= 15 is 0 Å². The molecule has 0 spiro atoms. The molecular formula is C16H21N3OSi. The predicted molar refractivity (Wildman–Crippen MR) is 88.6 cm³/mol. The van der Waals surface area contributed by atoms with Crippen LogP contribution in [-0.4, -0.2) is 24.7 Å². The van der Waals surface area contributed by atoms with Crippen molar-refractivity contribution in [2.75, 3.05) is 0 Å². The molecule has 0 N–H and O–H groups in total. The van der Waals surface area contributed by atoms with E-state index < -0.39 is 9.04 Å². The van der Waals surface area contributed by atoms with Gasteiger partial charge < -0.3 is 4.43 Å². The number of aryl methyl sites for hydroxylation is 1. The van der Waals surface area contributed by atoms with E-state index in [1.54, 1.807) is 12.4 Å². The minimum absolute atomic E-state index is 0.596. The molecule has 110 valence electrons. The van der Waals surface area contributed by atoms with Gasteiger partial charge in [-0.3, -0.25) is 15.0 Å². The standard InChI is InChI=1S/C16H21N3OSi/c1-12-9-19-15(11-17-12)13(2)18-10-14-7-5-6-8-16(14)20-21(3)4/h5-9,11,21H,10H2,1-4H3. The van der Waals surface area contributed by atoms with E-state index in [1.807, 2.05) is 32.0 Å². The van der Waals surface area contributed by atoms with Crippen molar-refractivity contribution in [3.8, 4) is 5.75 Å². The fourth-order valence-electron chi connectivity index (χ4n) is 1.87. The normalized spacial score (nSPS) is 11.8. The topological polar surface area (TPSA) is 47.4 Å². The van der Waals surface area contributed by atoms with Crippen LogP contribution in [0.4, 0.5) is 0 Å². The van der Waals surface area contributed by atoms with Crippen LogP contribution in [0.1, 0.15) is 23.9 Å². The number of aliphatic imine (C=N–C) groups is 1. The zero-order valence-corrected chi connectivity index (χ0v) is 14.2. The molecule has 0 radical (unpaired) electrons. The Morgan fingerprint density at radius 3 is 2.62 bits per heavy atom. The van der Waals surface area contributed by atoms with Crippen LogP contribution in [0.15, 0.2) is 41.7 Å². The van der Waals surface area contributed by atoms with Gasteiger partial charge in [0.05, 0.1) is 24.1 Å². The Morgan fingerprint density at radius 1 is 1.19 bits per heavy atom. The van der Waals surface area contributed by atoms with E-state index in [1.165, 1.54) is 0 Å². The molecule has 21 heavy (non-hydrogen) atoms. The summed E-state index contributed by atoms with van der Waals surface area (Å²) in [6.07, 6.45) is 3.52. The highest BCUT2D eigenvalue weighted by atomic mass is 28.3. The fourth-order valence-corrected chi connectivity index (χ4v) is 2.61. The average molecular weight is 299 g/mol. The Kier molecular flexibility index (Phi) is 5.22. The molecule has 1 aromatic carbocycles. The molecule has 1 heterocycles. The van der Waals surface area contributed by atoms with Gasteiger partial charge in [0, 0.05) is 11.8 Å². The van der Waals surface area contributed by atoms with Crippen LogP contribution in [0.2, 0.25) is 13.1 Å². The van der Waals surface area contributed by atoms with E-state index in [0.717, 1.165) is 28.4 Å². The van der Waals surface area contributed by atoms with Gasteiger partial charge in [-0.15, -0.1) is 0 Å². The fraction of sp³-hybridized carbons (Fsp3) is 0.312. The summed E-state index contributed by atoms with van der Waals surface area (Å²) in [6.45, 7) is 8.80. The van der Waals surface area contributed by atoms with Crippen molar-refractivity contribution in [2.24, 2.45) is 4.99 Å². The number of aromatic nitrogens is 2. The van der Waals surface area contributed by atoms with Crippen molar-refractivity contribution >= 4 is 14.8 Å². The molecule has 0 aliphatic rings. The summed E-state index contributed by atoms with van der Waals surface area (Å²) < 4.78 is 5.94. The number of para-hydroxylation sites is 1. The zero-order chi connectivity index (χ0) is 15.2. The minimum Gasteiger partial charge on any atom is -0.547 e. The lowest BCUT2D eigenvalue weighted by atomic mass is 10.2. The van der Waals surface area contributed by atoms with E-state index in [-0.39, 0.29) is 0 Å². The third-order valence-electron chi connectivity index (χ3n) is 2.97. The van der Waals surface area contributed by atoms with Gasteiger partial charge in [0.25, 0.3) is 0 Å². The van der Waals surface area contributed by atoms with Gasteiger partial charge in [-0.1, -0.05) is 18.2 Å². The number of rotatable bonds is 5. The van der Waals surface area contributed by atoms with Crippen molar-refractivity contribution in [2.45, 2.75) is 33.5 Å². The maximum atomic E-state index is 5.94. The molecule has 5 heteroatoms. The van der Waals surface area contributed by atoms with E-state index in [2.05, 4.69) is 34.1 Å². The lowest BCUT2D eigenvalue weighted by Crippen LogP contribution is -2.12. The van der Waals surface area contributed by atoms with Crippen LogP contribution >= 0.6 is 0 Å². The summed E-state index contributed by atoms with van der Waals surface area (Å²) in [5.74, 6) is 0.950. The molecule has 2 aromatic rings. The molecule has 0 aliphatic heterocycles. The van der Waals surface area contributed by atoms with Gasteiger partial charge in [-0.05, 0) is 33.0 Å². The lowest BCUT2D eigenvalue weighted by Gasteiger charge is -2.13. The van der Waals surface area contributed by atoms with Gasteiger partial charge in [0.1, 0.15) is 11.4 Å². The highest BCUT2D eigenvalue weighted by Gasteiger charge is 2.06. The largest absolute Gasteiger partial charge is 0.547 e. The highest BCUT2D eigenvalue weighted by molar-refractivity contribution is 6.49. The summed E-state index contributed by atoms with van der Waals surface area (Å²) in [7, 11) is -1.11. The molecule has 0 fully saturated rings. The molecular weight excluding hydrogens is 278 g/mol. The molecule has 1 aromatic heterocycles. The number of hydrogen-bond acceptors (Lipinski definition) is 4. The average Bonchev–Trinajstić information content (AvgIpc) is 2.46. The maximum Gasteiger partial charge on any atom is 0.229 e. The first kappa shape index (κ1) is 15.4. The molecule has 0 atom stereocenters. The second kappa shape index (κ2) is 7.13. The summed E-state index contributed by atoms with van der Waals surface area (Å²) in [5.41, 5.74) is 3.72. The first-order valence-electron chi connectivity index (χ1n) is 7.11. The van der Waals surface area contributed by atoms with Crippen molar-refractivity contribution in [1.29, 1.82) is 0 Å². The van der Waals surface area contributed by atoms with Crippen molar-refractivity contribution in [3.05, 3.63) is 53.6 Å². The van der Waals surface area contributed by atoms with Gasteiger partial charge >= 0.3 is 0 Å². The molecule has 0 saturated carbocycles. The van der Waals surface area contributed by atoms with Crippen LogP contribution in [0, 0.1) is 6.92 Å². The highest BCUT2D eigenvalue weighted by Crippen LogP contribution is 2.19. The zero-order valence-electron chi connectivity index (χ0n) is 13.0. The predicted octanol–water partition coefficient (Wildman–Crippen LogP) is 3.16. The Labute approximate surface area is 127 Å². The van der Waals surface area contributed by atoms with Gasteiger partial charge in [0.15, 0.2) is 0 Å². The van der Waals surface area contributed by atoms with Crippen molar-refractivity contribution in [3.63, 3.8) is 0 Å². The second-order valence-corrected chi connectivity index (χ2v) is 7.55. The molecule has 0 saturated heterocycles. The van der Waals surface area contributed by atoms with Crippen molar-refractivity contribution in [1.82, 2.24) is 9.97 Å². The first-order valence-corrected chi connectivity index (χ1v) is 9.89. The van der Waals surface area contributed by atoms with Crippen LogP contribution in [-0.2, 0) is 6.54 Å². The Hall–Kier alpha value is -2.01. The molecule has 4 nitrogen and oxygen atoms in total. The monoisotopic (exact) mass is 299 g/mol. The van der Waals surface area contributed by atoms with E-state index in [0.29, 0.717) is 6.54 Å². The molecule has 0 unspecified atom stereocenters. The summed E-state index contributed by atoms with van der Waals surface area (Å²) in [6, 6.07) is 8.08. The molecule has 0 bridgehead atoms. The minimum atomic E-state index is -1.11. The Bertz CT molecular complexity index is 624. The second-order valence-electron chi connectivity index (χ2n) is 5.22. The quantitative estimate of drug-likeness (QED) is 0.629. The van der Waals surface area contributed by atoms with Gasteiger partial charge in [0.2, 0.25) is 9.04 Å². The number of hydrogen-bond donors (Lipinski definition) is 0. The van der Waals surface area contributed by atoms with Crippen LogP contribution in [0.25, 0.3) is 0 Å². The Morgan fingerprint density at radius 2 is 1.95 bits per heavy atom. The smallest absolute Gasteiger partial charge is 0.229 e. The third-order valence-corrected chi connectivity index (χ3v) is 3.70. The molecule has 0 amide bonds.